The molecule has 29 heavy (non-hydrogen) atoms. The molecule has 2 amide bonds. The van der Waals surface area contributed by atoms with E-state index in [1.807, 2.05) is 24.0 Å². The van der Waals surface area contributed by atoms with Crippen LogP contribution in [0.15, 0.2) is 30.3 Å². The topological polar surface area (TPSA) is 65.2 Å². The molecule has 0 unspecified atom stereocenters. The van der Waals surface area contributed by atoms with Gasteiger partial charge in [0.05, 0.1) is 0 Å². The number of hydrogen-bond donors (Lipinski definition) is 2. The van der Waals surface area contributed by atoms with Gasteiger partial charge in [-0.25, -0.2) is 8.78 Å². The number of hydrogen-bond acceptors (Lipinski definition) is 2. The summed E-state index contributed by atoms with van der Waals surface area (Å²) in [6.45, 7) is 3.58. The summed E-state index contributed by atoms with van der Waals surface area (Å²) < 4.78 is 26.2. The van der Waals surface area contributed by atoms with E-state index in [4.69, 9.17) is 0 Å². The van der Waals surface area contributed by atoms with Crippen molar-refractivity contribution >= 4 is 11.8 Å². The smallest absolute Gasteiger partial charge is 0.270 e. The number of benzene rings is 1. The van der Waals surface area contributed by atoms with E-state index < -0.39 is 11.6 Å². The summed E-state index contributed by atoms with van der Waals surface area (Å²) in [7, 11) is 0. The number of aromatic amines is 1. The second-order valence-corrected chi connectivity index (χ2v) is 7.57. The first-order valence-electron chi connectivity index (χ1n) is 10.1. The molecule has 1 aliphatic heterocycles. The lowest BCUT2D eigenvalue weighted by atomic mass is 9.93. The maximum Gasteiger partial charge on any atom is 0.270 e. The standard InChI is InChI=1S/C22H27F2N3O2/c1-2-17-7-9-20(26-17)22(29)27-11-3-4-15(14-27)6-10-21(28)25-13-16-5-8-18(23)19(24)12-16/h5,7-9,12,15,26H,2-4,6,10-11,13-14H2,1H3,(H,25,28)/t15-/m0/s1. The summed E-state index contributed by atoms with van der Waals surface area (Å²) in [6, 6.07) is 7.36. The molecule has 0 spiro atoms. The highest BCUT2D eigenvalue weighted by Gasteiger charge is 2.25. The molecule has 2 heterocycles. The Morgan fingerprint density at radius 3 is 2.76 bits per heavy atom. The molecule has 0 bridgehead atoms. The minimum absolute atomic E-state index is 0.0113. The number of piperidine rings is 1. The number of nitrogens with one attached hydrogen (secondary N) is 2. The lowest BCUT2D eigenvalue weighted by Gasteiger charge is -2.32. The van der Waals surface area contributed by atoms with Crippen LogP contribution in [0, 0.1) is 17.6 Å². The van der Waals surface area contributed by atoms with E-state index in [2.05, 4.69) is 10.3 Å². The maximum absolute atomic E-state index is 13.2. The van der Waals surface area contributed by atoms with Crippen LogP contribution in [0.5, 0.6) is 0 Å². The maximum atomic E-state index is 13.2. The van der Waals surface area contributed by atoms with Gasteiger partial charge in [0.25, 0.3) is 5.91 Å². The van der Waals surface area contributed by atoms with Gasteiger partial charge in [-0.2, -0.15) is 0 Å². The lowest BCUT2D eigenvalue weighted by molar-refractivity contribution is -0.121. The highest BCUT2D eigenvalue weighted by molar-refractivity contribution is 5.92. The number of carbonyl (C=O) groups excluding carboxylic acids is 2. The molecule has 7 heteroatoms. The Bertz CT molecular complexity index is 865. The molecular formula is C22H27F2N3O2. The van der Waals surface area contributed by atoms with Crippen LogP contribution in [-0.2, 0) is 17.8 Å². The molecule has 1 aromatic heterocycles. The van der Waals surface area contributed by atoms with Gasteiger partial charge in [0, 0.05) is 31.7 Å². The third-order valence-electron chi connectivity index (χ3n) is 5.42. The van der Waals surface area contributed by atoms with Gasteiger partial charge in [0.2, 0.25) is 5.91 Å². The van der Waals surface area contributed by atoms with Gasteiger partial charge in [-0.1, -0.05) is 13.0 Å². The number of rotatable bonds is 7. The van der Waals surface area contributed by atoms with Crippen molar-refractivity contribution in [3.8, 4) is 0 Å². The van der Waals surface area contributed by atoms with Crippen molar-refractivity contribution in [3.63, 3.8) is 0 Å². The SMILES string of the molecule is CCc1ccc(C(=O)N2CCC[C@@H](CCC(=O)NCc3ccc(F)c(F)c3)C2)[nH]1. The summed E-state index contributed by atoms with van der Waals surface area (Å²) in [6.07, 6.45) is 3.81. The quantitative estimate of drug-likeness (QED) is 0.739. The summed E-state index contributed by atoms with van der Waals surface area (Å²) in [5.41, 5.74) is 2.18. The van der Waals surface area contributed by atoms with Gasteiger partial charge in [0.15, 0.2) is 11.6 Å². The first kappa shape index (κ1) is 21.0. The zero-order valence-electron chi connectivity index (χ0n) is 16.6. The van der Waals surface area contributed by atoms with Gasteiger partial charge in [0.1, 0.15) is 5.69 Å². The molecule has 0 saturated carbocycles. The lowest BCUT2D eigenvalue weighted by Crippen LogP contribution is -2.40. The Morgan fingerprint density at radius 1 is 1.21 bits per heavy atom. The fourth-order valence-electron chi connectivity index (χ4n) is 3.70. The van der Waals surface area contributed by atoms with E-state index in [1.165, 1.54) is 6.07 Å². The van der Waals surface area contributed by atoms with Crippen LogP contribution < -0.4 is 5.32 Å². The zero-order chi connectivity index (χ0) is 20.8. The first-order valence-corrected chi connectivity index (χ1v) is 10.1. The Hall–Kier alpha value is -2.70. The number of H-pyrrole nitrogens is 1. The number of likely N-dealkylation sites (tertiary alicyclic amines) is 1. The fraction of sp³-hybridized carbons (Fsp3) is 0.455. The molecule has 1 aromatic carbocycles. The van der Waals surface area contributed by atoms with E-state index in [0.717, 1.165) is 43.6 Å². The largest absolute Gasteiger partial charge is 0.354 e. The third kappa shape index (κ3) is 5.65. The molecule has 156 valence electrons. The first-order chi connectivity index (χ1) is 14.0. The molecule has 3 rings (SSSR count). The van der Waals surface area contributed by atoms with Crippen LogP contribution in [0.1, 0.15) is 54.4 Å². The Morgan fingerprint density at radius 2 is 2.03 bits per heavy atom. The molecule has 5 nitrogen and oxygen atoms in total. The molecule has 2 N–H and O–H groups in total. The van der Waals surface area contributed by atoms with E-state index >= 15 is 0 Å². The van der Waals surface area contributed by atoms with E-state index in [9.17, 15) is 18.4 Å². The third-order valence-corrected chi connectivity index (χ3v) is 5.42. The van der Waals surface area contributed by atoms with Gasteiger partial charge in [-0.15, -0.1) is 0 Å². The van der Waals surface area contributed by atoms with Crippen LogP contribution >= 0.6 is 0 Å². The minimum Gasteiger partial charge on any atom is -0.354 e. The van der Waals surface area contributed by atoms with E-state index in [0.29, 0.717) is 30.6 Å². The predicted octanol–water partition coefficient (Wildman–Crippen LogP) is 3.80. The van der Waals surface area contributed by atoms with Gasteiger partial charge >= 0.3 is 0 Å². The molecule has 1 atom stereocenters. The van der Waals surface area contributed by atoms with Crippen molar-refractivity contribution in [2.24, 2.45) is 5.92 Å². The van der Waals surface area contributed by atoms with E-state index in [1.54, 1.807) is 0 Å². The normalized spacial score (nSPS) is 16.7. The van der Waals surface area contributed by atoms with Crippen LogP contribution in [0.25, 0.3) is 0 Å². The highest BCUT2D eigenvalue weighted by Crippen LogP contribution is 2.22. The Balaban J connectivity index is 1.44. The monoisotopic (exact) mass is 403 g/mol. The van der Waals surface area contributed by atoms with Gasteiger partial charge < -0.3 is 15.2 Å². The van der Waals surface area contributed by atoms with Gasteiger partial charge in [-0.05, 0) is 61.4 Å². The average Bonchev–Trinajstić information content (AvgIpc) is 3.22. The summed E-state index contributed by atoms with van der Waals surface area (Å²) in [5, 5.41) is 2.74. The molecule has 1 fully saturated rings. The van der Waals surface area contributed by atoms with Crippen LogP contribution in [0.2, 0.25) is 0 Å². The van der Waals surface area contributed by atoms with Crippen molar-refractivity contribution in [2.75, 3.05) is 13.1 Å². The Kier molecular flexibility index (Phi) is 7.01. The molecule has 0 aliphatic carbocycles. The fourth-order valence-corrected chi connectivity index (χ4v) is 3.70. The van der Waals surface area contributed by atoms with Crippen molar-refractivity contribution in [3.05, 3.63) is 58.9 Å². The van der Waals surface area contributed by atoms with Crippen LogP contribution in [-0.4, -0.2) is 34.8 Å². The van der Waals surface area contributed by atoms with Crippen molar-refractivity contribution < 1.29 is 18.4 Å². The number of amides is 2. The second-order valence-electron chi connectivity index (χ2n) is 7.57. The molecule has 2 aromatic rings. The van der Waals surface area contributed by atoms with Crippen molar-refractivity contribution in [1.82, 2.24) is 15.2 Å². The number of aryl methyl sites for hydroxylation is 1. The zero-order valence-corrected chi connectivity index (χ0v) is 16.6. The molecular weight excluding hydrogens is 376 g/mol. The second kappa shape index (κ2) is 9.67. The molecule has 1 saturated heterocycles. The van der Waals surface area contributed by atoms with Crippen molar-refractivity contribution in [2.45, 2.75) is 45.6 Å². The number of halogens is 2. The number of aromatic nitrogens is 1. The van der Waals surface area contributed by atoms with Crippen LogP contribution in [0.3, 0.4) is 0 Å². The predicted molar refractivity (Wildman–Crippen MR) is 106 cm³/mol. The number of nitrogens with zero attached hydrogens (tertiary/aromatic N) is 1. The van der Waals surface area contributed by atoms with Crippen molar-refractivity contribution in [1.29, 1.82) is 0 Å². The Labute approximate surface area is 169 Å². The molecule has 0 radical (unpaired) electrons. The molecule has 1 aliphatic rings. The highest BCUT2D eigenvalue weighted by atomic mass is 19.2. The average molecular weight is 403 g/mol. The van der Waals surface area contributed by atoms with E-state index in [-0.39, 0.29) is 24.3 Å². The van der Waals surface area contributed by atoms with Gasteiger partial charge in [-0.3, -0.25) is 9.59 Å². The summed E-state index contributed by atoms with van der Waals surface area (Å²) in [5.74, 6) is -1.66. The summed E-state index contributed by atoms with van der Waals surface area (Å²) in [4.78, 5) is 29.8. The minimum atomic E-state index is -0.920. The number of carbonyl (C=O) groups is 2. The summed E-state index contributed by atoms with van der Waals surface area (Å²) >= 11 is 0. The van der Waals surface area contributed by atoms with Crippen LogP contribution in [0.4, 0.5) is 8.78 Å².